The summed E-state index contributed by atoms with van der Waals surface area (Å²) in [6, 6.07) is 20.3. The first-order valence-corrected chi connectivity index (χ1v) is 16.8. The van der Waals surface area contributed by atoms with E-state index in [4.69, 9.17) is 31.0 Å². The Kier molecular flexibility index (Phi) is 8.72. The Morgan fingerprint density at radius 3 is 2.38 bits per heavy atom. The van der Waals surface area contributed by atoms with Crippen LogP contribution in [0.1, 0.15) is 58.8 Å². The average molecular weight is 667 g/mol. The van der Waals surface area contributed by atoms with E-state index in [2.05, 4.69) is 42.4 Å². The zero-order chi connectivity index (χ0) is 33.7. The lowest BCUT2D eigenvalue weighted by Crippen LogP contribution is -2.30. The Hall–Kier alpha value is -4.11. The van der Waals surface area contributed by atoms with Crippen LogP contribution in [0.3, 0.4) is 0 Å². The standard InChI is InChI=1S/C38H39ClN4O3S/c1-22-17-29-34(47-35(42-29)25-15-16-40-28(18-25)24-9-10-26-20-41-43(8)30(26)19-24)33(23-11-13-27(39)14-12-23)32(22)31(46-38(5,6)7)21-45-36(44)37(2,3)4/h9-20,31H,21H2,1-8H3. The molecule has 1 unspecified atom stereocenters. The smallest absolute Gasteiger partial charge is 0.311 e. The van der Waals surface area contributed by atoms with Crippen LogP contribution in [0, 0.1) is 12.3 Å². The molecule has 3 heterocycles. The van der Waals surface area contributed by atoms with Crippen molar-refractivity contribution in [1.82, 2.24) is 19.7 Å². The number of rotatable bonds is 7. The van der Waals surface area contributed by atoms with Crippen LogP contribution in [-0.4, -0.2) is 37.9 Å². The number of carbonyl (C=O) groups excluding carboxylic acids is 1. The largest absolute Gasteiger partial charge is 0.462 e. The van der Waals surface area contributed by atoms with Crippen LogP contribution < -0.4 is 0 Å². The first-order valence-electron chi connectivity index (χ1n) is 15.6. The number of fused-ring (bicyclic) bond motifs is 2. The average Bonchev–Trinajstić information content (AvgIpc) is 3.61. The Morgan fingerprint density at radius 1 is 0.957 bits per heavy atom. The molecule has 6 aromatic rings. The summed E-state index contributed by atoms with van der Waals surface area (Å²) in [5, 5.41) is 7.00. The van der Waals surface area contributed by atoms with E-state index >= 15 is 0 Å². The second-order valence-electron chi connectivity index (χ2n) is 13.9. The van der Waals surface area contributed by atoms with Gasteiger partial charge in [-0.2, -0.15) is 5.10 Å². The lowest BCUT2D eigenvalue weighted by atomic mass is 9.91. The topological polar surface area (TPSA) is 79.1 Å². The Labute approximate surface area is 284 Å². The molecule has 0 N–H and O–H groups in total. The van der Waals surface area contributed by atoms with Crippen LogP contribution in [0.25, 0.3) is 54.1 Å². The van der Waals surface area contributed by atoms with Gasteiger partial charge in [0.2, 0.25) is 0 Å². The van der Waals surface area contributed by atoms with Crippen LogP contribution in [0.5, 0.6) is 0 Å². The number of halogens is 1. The van der Waals surface area contributed by atoms with Gasteiger partial charge in [-0.3, -0.25) is 14.5 Å². The number of pyridine rings is 1. The quantitative estimate of drug-likeness (QED) is 0.158. The summed E-state index contributed by atoms with van der Waals surface area (Å²) < 4.78 is 15.4. The highest BCUT2D eigenvalue weighted by atomic mass is 35.5. The molecule has 0 amide bonds. The van der Waals surface area contributed by atoms with Crippen LogP contribution in [0.4, 0.5) is 0 Å². The van der Waals surface area contributed by atoms with E-state index in [1.807, 2.05) is 96.0 Å². The molecule has 0 aliphatic heterocycles. The van der Waals surface area contributed by atoms with Crippen LogP contribution >= 0.6 is 22.9 Å². The predicted octanol–water partition coefficient (Wildman–Crippen LogP) is 9.99. The molecule has 0 saturated heterocycles. The van der Waals surface area contributed by atoms with Crippen molar-refractivity contribution in [1.29, 1.82) is 0 Å². The molecule has 3 aromatic carbocycles. The Morgan fingerprint density at radius 2 is 1.68 bits per heavy atom. The van der Waals surface area contributed by atoms with Crippen LogP contribution in [0.15, 0.2) is 73.1 Å². The maximum atomic E-state index is 12.9. The van der Waals surface area contributed by atoms with E-state index in [-0.39, 0.29) is 12.6 Å². The van der Waals surface area contributed by atoms with Gasteiger partial charge in [0.15, 0.2) is 0 Å². The van der Waals surface area contributed by atoms with E-state index in [0.29, 0.717) is 5.02 Å². The van der Waals surface area contributed by atoms with Gasteiger partial charge >= 0.3 is 5.97 Å². The van der Waals surface area contributed by atoms with Gasteiger partial charge < -0.3 is 9.47 Å². The van der Waals surface area contributed by atoms with E-state index in [9.17, 15) is 4.79 Å². The minimum atomic E-state index is -0.635. The maximum Gasteiger partial charge on any atom is 0.311 e. The highest BCUT2D eigenvalue weighted by molar-refractivity contribution is 7.22. The number of ether oxygens (including phenoxy) is 2. The maximum absolute atomic E-state index is 12.9. The molecule has 0 radical (unpaired) electrons. The number of aryl methyl sites for hydroxylation is 2. The van der Waals surface area contributed by atoms with E-state index in [1.165, 1.54) is 0 Å². The highest BCUT2D eigenvalue weighted by Gasteiger charge is 2.31. The highest BCUT2D eigenvalue weighted by Crippen LogP contribution is 2.45. The summed E-state index contributed by atoms with van der Waals surface area (Å²) in [6.07, 6.45) is 3.18. The molecule has 0 saturated carbocycles. The van der Waals surface area contributed by atoms with Gasteiger partial charge in [0.25, 0.3) is 0 Å². The van der Waals surface area contributed by atoms with E-state index in [0.717, 1.165) is 65.2 Å². The lowest BCUT2D eigenvalue weighted by Gasteiger charge is -2.31. The Balaban J connectivity index is 1.50. The van der Waals surface area contributed by atoms with Crippen molar-refractivity contribution in [2.45, 2.75) is 60.2 Å². The van der Waals surface area contributed by atoms with Gasteiger partial charge in [-0.15, -0.1) is 11.3 Å². The van der Waals surface area contributed by atoms with Gasteiger partial charge in [0, 0.05) is 40.3 Å². The molecule has 1 atom stereocenters. The molecule has 0 aliphatic carbocycles. The van der Waals surface area contributed by atoms with Crippen molar-refractivity contribution >= 4 is 50.0 Å². The van der Waals surface area contributed by atoms with Crippen molar-refractivity contribution in [3.8, 4) is 33.0 Å². The van der Waals surface area contributed by atoms with Crippen molar-refractivity contribution in [3.05, 3.63) is 89.2 Å². The number of benzene rings is 3. The first-order chi connectivity index (χ1) is 22.2. The number of hydrogen-bond acceptors (Lipinski definition) is 7. The molecule has 9 heteroatoms. The fourth-order valence-electron chi connectivity index (χ4n) is 5.65. The third kappa shape index (κ3) is 6.96. The summed E-state index contributed by atoms with van der Waals surface area (Å²) in [7, 11) is 1.94. The monoisotopic (exact) mass is 666 g/mol. The predicted molar refractivity (Wildman–Crippen MR) is 192 cm³/mol. The minimum absolute atomic E-state index is 0.0840. The summed E-state index contributed by atoms with van der Waals surface area (Å²) in [5.74, 6) is -0.275. The lowest BCUT2D eigenvalue weighted by molar-refractivity contribution is -0.162. The summed E-state index contributed by atoms with van der Waals surface area (Å²) in [4.78, 5) is 22.7. The Bertz CT molecular complexity index is 2100. The molecular weight excluding hydrogens is 628 g/mol. The molecule has 0 fully saturated rings. The van der Waals surface area contributed by atoms with Crippen molar-refractivity contribution in [2.75, 3.05) is 6.61 Å². The summed E-state index contributed by atoms with van der Waals surface area (Å²) >= 11 is 7.97. The molecule has 0 aliphatic rings. The summed E-state index contributed by atoms with van der Waals surface area (Å²) in [6.45, 7) is 13.7. The third-order valence-electron chi connectivity index (χ3n) is 7.91. The SMILES string of the molecule is Cc1cc2nc(-c3ccnc(-c4ccc5cnn(C)c5c4)c3)sc2c(-c2ccc(Cl)cc2)c1C(COC(=O)C(C)(C)C)OC(C)(C)C. The van der Waals surface area contributed by atoms with Crippen molar-refractivity contribution in [3.63, 3.8) is 0 Å². The molecule has 242 valence electrons. The second-order valence-corrected chi connectivity index (χ2v) is 15.3. The zero-order valence-electron chi connectivity index (χ0n) is 28.0. The minimum Gasteiger partial charge on any atom is -0.462 e. The van der Waals surface area contributed by atoms with E-state index < -0.39 is 17.1 Å². The zero-order valence-corrected chi connectivity index (χ0v) is 29.6. The fourth-order valence-corrected chi connectivity index (χ4v) is 6.90. The van der Waals surface area contributed by atoms with Crippen LogP contribution in [0.2, 0.25) is 5.02 Å². The normalized spacial score (nSPS) is 13.0. The number of carbonyl (C=O) groups is 1. The van der Waals surface area contributed by atoms with Gasteiger partial charge in [-0.25, -0.2) is 4.98 Å². The molecule has 3 aromatic heterocycles. The molecule has 47 heavy (non-hydrogen) atoms. The summed E-state index contributed by atoms with van der Waals surface area (Å²) in [5.41, 5.74) is 7.59. The number of hydrogen-bond donors (Lipinski definition) is 0. The van der Waals surface area contributed by atoms with Gasteiger partial charge in [-0.1, -0.05) is 35.9 Å². The molecule has 0 bridgehead atoms. The number of nitrogens with zero attached hydrogens (tertiary/aromatic N) is 4. The van der Waals surface area contributed by atoms with Gasteiger partial charge in [-0.05, 0) is 102 Å². The van der Waals surface area contributed by atoms with Gasteiger partial charge in [0.1, 0.15) is 17.7 Å². The molecular formula is C38H39ClN4O3S. The van der Waals surface area contributed by atoms with Crippen molar-refractivity contribution < 1.29 is 14.3 Å². The first kappa shape index (κ1) is 32.8. The van der Waals surface area contributed by atoms with Crippen LogP contribution in [-0.2, 0) is 21.3 Å². The number of esters is 1. The molecule has 6 rings (SSSR count). The molecule has 7 nitrogen and oxygen atoms in total. The van der Waals surface area contributed by atoms with E-state index in [1.54, 1.807) is 11.3 Å². The van der Waals surface area contributed by atoms with Gasteiger partial charge in [0.05, 0.1) is 38.6 Å². The van der Waals surface area contributed by atoms with Crippen molar-refractivity contribution in [2.24, 2.45) is 12.5 Å². The second kappa shape index (κ2) is 12.5. The number of aromatic nitrogens is 4. The third-order valence-corrected chi connectivity index (χ3v) is 9.30. The number of thiazole rings is 1. The molecule has 0 spiro atoms. The fraction of sp³-hybridized carbons (Fsp3) is 0.316.